The first-order valence-corrected chi connectivity index (χ1v) is 8.74. The molecule has 1 aliphatic carbocycles. The molecule has 1 aromatic heterocycles. The Hall–Kier alpha value is -1.85. The first-order chi connectivity index (χ1) is 11.7. The van der Waals surface area contributed by atoms with Crippen LogP contribution in [0.4, 0.5) is 0 Å². The van der Waals surface area contributed by atoms with Gasteiger partial charge < -0.3 is 19.3 Å². The molecule has 0 spiro atoms. The van der Waals surface area contributed by atoms with Crippen molar-refractivity contribution in [2.75, 3.05) is 27.2 Å². The van der Waals surface area contributed by atoms with Crippen LogP contribution in [0.15, 0.2) is 36.7 Å². The zero-order valence-corrected chi connectivity index (χ0v) is 14.6. The summed E-state index contributed by atoms with van der Waals surface area (Å²) in [4.78, 5) is 6.66. The Labute approximate surface area is 143 Å². The molecule has 1 fully saturated rings. The van der Waals surface area contributed by atoms with Crippen molar-refractivity contribution in [2.24, 2.45) is 0 Å². The minimum absolute atomic E-state index is 0.103. The van der Waals surface area contributed by atoms with Gasteiger partial charge in [0.05, 0.1) is 17.7 Å². The second kappa shape index (κ2) is 7.81. The highest BCUT2D eigenvalue weighted by Gasteiger charge is 2.27. The Kier molecular flexibility index (Phi) is 5.53. The summed E-state index contributed by atoms with van der Waals surface area (Å²) in [6.07, 6.45) is 7.61. The van der Waals surface area contributed by atoms with Crippen molar-refractivity contribution in [1.29, 1.82) is 0 Å². The zero-order chi connectivity index (χ0) is 16.9. The Balaban J connectivity index is 1.86. The number of para-hydroxylation sites is 1. The van der Waals surface area contributed by atoms with Crippen molar-refractivity contribution in [3.8, 4) is 17.1 Å². The van der Waals surface area contributed by atoms with E-state index in [0.717, 1.165) is 49.4 Å². The summed E-state index contributed by atoms with van der Waals surface area (Å²) in [5.74, 6) is 1.72. The standard InChI is InChI=1S/C19H27N3O2/c1-21(2)13-14-24-18-10-6-3-7-15(18)19-20-11-12-22(19)16-8-4-5-9-17(16)23/h3,6-7,10-12,16-17,23H,4-5,8-9,13-14H2,1-2H3/t16-,17-/m0/s1. The van der Waals surface area contributed by atoms with Gasteiger partial charge in [0.1, 0.15) is 18.2 Å². The quantitative estimate of drug-likeness (QED) is 0.885. The Morgan fingerprint density at radius 2 is 2.04 bits per heavy atom. The number of ether oxygens (including phenoxy) is 1. The van der Waals surface area contributed by atoms with E-state index in [1.54, 1.807) is 0 Å². The number of likely N-dealkylation sites (N-methyl/N-ethyl adjacent to an activating group) is 1. The van der Waals surface area contributed by atoms with Crippen LogP contribution in [0.2, 0.25) is 0 Å². The molecule has 0 radical (unpaired) electrons. The maximum absolute atomic E-state index is 10.4. The fourth-order valence-corrected chi connectivity index (χ4v) is 3.32. The molecule has 1 N–H and O–H groups in total. The molecule has 1 saturated carbocycles. The molecule has 1 heterocycles. The average Bonchev–Trinajstić information content (AvgIpc) is 3.04. The van der Waals surface area contributed by atoms with Crippen LogP contribution in [0.5, 0.6) is 5.75 Å². The third-order valence-corrected chi connectivity index (χ3v) is 4.64. The van der Waals surface area contributed by atoms with Gasteiger partial charge in [-0.1, -0.05) is 25.0 Å². The molecule has 0 saturated heterocycles. The predicted molar refractivity (Wildman–Crippen MR) is 95.2 cm³/mol. The van der Waals surface area contributed by atoms with E-state index < -0.39 is 0 Å². The van der Waals surface area contributed by atoms with Gasteiger partial charge in [-0.15, -0.1) is 0 Å². The molecule has 1 aliphatic rings. The topological polar surface area (TPSA) is 50.5 Å². The third kappa shape index (κ3) is 3.79. The molecule has 0 unspecified atom stereocenters. The maximum atomic E-state index is 10.4. The highest BCUT2D eigenvalue weighted by atomic mass is 16.5. The van der Waals surface area contributed by atoms with Gasteiger partial charge in [-0.25, -0.2) is 4.98 Å². The highest BCUT2D eigenvalue weighted by Crippen LogP contribution is 2.35. The van der Waals surface area contributed by atoms with Gasteiger partial charge in [-0.3, -0.25) is 0 Å². The van der Waals surface area contributed by atoms with Crippen LogP contribution in [-0.2, 0) is 0 Å². The fraction of sp³-hybridized carbons (Fsp3) is 0.526. The second-order valence-corrected chi connectivity index (χ2v) is 6.73. The van der Waals surface area contributed by atoms with Crippen molar-refractivity contribution < 1.29 is 9.84 Å². The molecule has 130 valence electrons. The smallest absolute Gasteiger partial charge is 0.143 e. The van der Waals surface area contributed by atoms with Crippen LogP contribution in [0.25, 0.3) is 11.4 Å². The summed E-state index contributed by atoms with van der Waals surface area (Å²) in [7, 11) is 4.07. The van der Waals surface area contributed by atoms with E-state index in [1.807, 2.05) is 50.8 Å². The Bertz CT molecular complexity index is 654. The molecule has 2 aromatic rings. The highest BCUT2D eigenvalue weighted by molar-refractivity contribution is 5.64. The van der Waals surface area contributed by atoms with Crippen LogP contribution in [0, 0.1) is 0 Å². The minimum Gasteiger partial charge on any atom is -0.491 e. The number of aromatic nitrogens is 2. The number of hydrogen-bond acceptors (Lipinski definition) is 4. The Morgan fingerprint density at radius 1 is 1.25 bits per heavy atom. The van der Waals surface area contributed by atoms with E-state index in [0.29, 0.717) is 6.61 Å². The second-order valence-electron chi connectivity index (χ2n) is 6.73. The Morgan fingerprint density at radius 3 is 2.83 bits per heavy atom. The molecular formula is C19H27N3O2. The monoisotopic (exact) mass is 329 g/mol. The normalized spacial score (nSPS) is 21.2. The molecule has 0 aliphatic heterocycles. The van der Waals surface area contributed by atoms with Crippen molar-refractivity contribution >= 4 is 0 Å². The number of aliphatic hydroxyl groups excluding tert-OH is 1. The molecule has 2 atom stereocenters. The van der Waals surface area contributed by atoms with Gasteiger partial charge in [0.15, 0.2) is 0 Å². The molecule has 1 aromatic carbocycles. The van der Waals surface area contributed by atoms with E-state index in [1.165, 1.54) is 0 Å². The number of nitrogens with zero attached hydrogens (tertiary/aromatic N) is 3. The predicted octanol–water partition coefficient (Wildman–Crippen LogP) is 2.97. The molecule has 5 heteroatoms. The number of rotatable bonds is 6. The summed E-state index contributed by atoms with van der Waals surface area (Å²) >= 11 is 0. The lowest BCUT2D eigenvalue weighted by molar-refractivity contribution is 0.0762. The lowest BCUT2D eigenvalue weighted by Gasteiger charge is -2.30. The van der Waals surface area contributed by atoms with Crippen molar-refractivity contribution in [1.82, 2.24) is 14.5 Å². The van der Waals surface area contributed by atoms with Crippen molar-refractivity contribution in [2.45, 2.75) is 37.8 Å². The number of hydrogen-bond donors (Lipinski definition) is 1. The van der Waals surface area contributed by atoms with E-state index >= 15 is 0 Å². The molecule has 0 amide bonds. The number of imidazole rings is 1. The minimum atomic E-state index is -0.298. The number of aliphatic hydroxyl groups is 1. The molecule has 5 nitrogen and oxygen atoms in total. The fourth-order valence-electron chi connectivity index (χ4n) is 3.32. The van der Waals surface area contributed by atoms with Gasteiger partial charge in [-0.05, 0) is 39.1 Å². The van der Waals surface area contributed by atoms with Crippen molar-refractivity contribution in [3.05, 3.63) is 36.7 Å². The van der Waals surface area contributed by atoms with Gasteiger partial charge in [0.2, 0.25) is 0 Å². The summed E-state index contributed by atoms with van der Waals surface area (Å²) in [5, 5.41) is 10.4. The SMILES string of the molecule is CN(C)CCOc1ccccc1-c1nccn1[C@H]1CCCC[C@@H]1O. The average molecular weight is 329 g/mol. The van der Waals surface area contributed by atoms with Crippen LogP contribution >= 0.6 is 0 Å². The van der Waals surface area contributed by atoms with E-state index in [4.69, 9.17) is 4.74 Å². The lowest BCUT2D eigenvalue weighted by Crippen LogP contribution is -2.27. The maximum Gasteiger partial charge on any atom is 0.143 e. The zero-order valence-electron chi connectivity index (χ0n) is 14.6. The molecule has 3 rings (SSSR count). The summed E-state index contributed by atoms with van der Waals surface area (Å²) in [6.45, 7) is 1.50. The molecular weight excluding hydrogens is 302 g/mol. The first kappa shape index (κ1) is 17.0. The van der Waals surface area contributed by atoms with Crippen molar-refractivity contribution in [3.63, 3.8) is 0 Å². The lowest BCUT2D eigenvalue weighted by atomic mass is 9.92. The van der Waals surface area contributed by atoms with E-state index in [9.17, 15) is 5.11 Å². The van der Waals surface area contributed by atoms with E-state index in [2.05, 4.69) is 14.5 Å². The largest absolute Gasteiger partial charge is 0.491 e. The summed E-state index contributed by atoms with van der Waals surface area (Å²) in [5.41, 5.74) is 0.985. The first-order valence-electron chi connectivity index (χ1n) is 8.74. The van der Waals surface area contributed by atoms with Gasteiger partial charge in [0.25, 0.3) is 0 Å². The molecule has 0 bridgehead atoms. The van der Waals surface area contributed by atoms with Gasteiger partial charge in [-0.2, -0.15) is 0 Å². The van der Waals surface area contributed by atoms with Gasteiger partial charge in [0, 0.05) is 18.9 Å². The van der Waals surface area contributed by atoms with Gasteiger partial charge >= 0.3 is 0 Å². The van der Waals surface area contributed by atoms with Crippen LogP contribution in [-0.4, -0.2) is 52.9 Å². The van der Waals surface area contributed by atoms with Crippen LogP contribution in [0.1, 0.15) is 31.7 Å². The van der Waals surface area contributed by atoms with Crippen LogP contribution in [0.3, 0.4) is 0 Å². The third-order valence-electron chi connectivity index (χ3n) is 4.64. The van der Waals surface area contributed by atoms with Crippen LogP contribution < -0.4 is 4.74 Å². The van der Waals surface area contributed by atoms with E-state index in [-0.39, 0.29) is 12.1 Å². The summed E-state index contributed by atoms with van der Waals surface area (Å²) in [6, 6.07) is 8.12. The molecule has 24 heavy (non-hydrogen) atoms. The summed E-state index contributed by atoms with van der Waals surface area (Å²) < 4.78 is 8.11. The number of benzene rings is 1.